The van der Waals surface area contributed by atoms with Crippen molar-refractivity contribution in [3.63, 3.8) is 0 Å². The third-order valence-electron chi connectivity index (χ3n) is 9.64. The van der Waals surface area contributed by atoms with Gasteiger partial charge in [0.2, 0.25) is 0 Å². The normalized spacial score (nSPS) is 17.5. The number of ether oxygens (including phenoxy) is 2. The lowest BCUT2D eigenvalue weighted by atomic mass is 9.80. The summed E-state index contributed by atoms with van der Waals surface area (Å²) in [5.41, 5.74) is 3.52. The minimum absolute atomic E-state index is 0. The highest BCUT2D eigenvalue weighted by atomic mass is 16.7. The van der Waals surface area contributed by atoms with E-state index in [1.54, 1.807) is 24.8 Å². The maximum absolute atomic E-state index is 5.90. The van der Waals surface area contributed by atoms with Crippen LogP contribution >= 0.6 is 0 Å². The molecule has 0 N–H and O–H groups in total. The number of hydrogen-bond donors (Lipinski definition) is 0. The molecule has 0 aliphatic carbocycles. The molecule has 15 heteroatoms. The first-order chi connectivity index (χ1) is 25.2. The van der Waals surface area contributed by atoms with Crippen LogP contribution in [0.15, 0.2) is 85.7 Å². The second-order valence-corrected chi connectivity index (χ2v) is 13.7. The lowest BCUT2D eigenvalue weighted by Crippen LogP contribution is -2.41. The first-order valence-corrected chi connectivity index (χ1v) is 17.7. The van der Waals surface area contributed by atoms with E-state index in [1.165, 1.54) is 0 Å². The number of morpholine rings is 2. The minimum atomic E-state index is -0.280. The summed E-state index contributed by atoms with van der Waals surface area (Å²) in [6.45, 7) is 16.7. The van der Waals surface area contributed by atoms with Crippen LogP contribution < -0.4 is 15.3 Å². The van der Waals surface area contributed by atoms with Crippen molar-refractivity contribution < 1.29 is 18.8 Å². The molecule has 6 aromatic heterocycles. The molecule has 9 rings (SSSR count). The summed E-state index contributed by atoms with van der Waals surface area (Å²) in [5, 5.41) is 8.92. The van der Waals surface area contributed by atoms with Crippen molar-refractivity contribution in [1.82, 2.24) is 39.2 Å². The highest BCUT2D eigenvalue weighted by Crippen LogP contribution is 2.36. The molecule has 0 radical (unpaired) electrons. The van der Waals surface area contributed by atoms with E-state index in [4.69, 9.17) is 23.8 Å². The predicted molar refractivity (Wildman–Crippen MR) is 213 cm³/mol. The van der Waals surface area contributed by atoms with Crippen LogP contribution in [0.5, 0.6) is 0 Å². The van der Waals surface area contributed by atoms with Crippen molar-refractivity contribution in [1.29, 1.82) is 0 Å². The Hall–Kier alpha value is -4.96. The van der Waals surface area contributed by atoms with Gasteiger partial charge in [0.05, 0.1) is 37.6 Å². The molecule has 3 saturated heterocycles. The molecule has 14 nitrogen and oxygen atoms in total. The van der Waals surface area contributed by atoms with Gasteiger partial charge < -0.3 is 28.6 Å². The summed E-state index contributed by atoms with van der Waals surface area (Å²) >= 11 is 0. The van der Waals surface area contributed by atoms with Crippen molar-refractivity contribution in [2.75, 3.05) is 62.4 Å². The van der Waals surface area contributed by atoms with Crippen molar-refractivity contribution in [2.24, 2.45) is 0 Å². The standard InChI is InChI=1S/C15H15N5O.C11H16BNO2.C11H14N4O.2CH4/c1-2-13-15(19-8-10-21-11-9-19)17-14(18-20(13)7-1)12-3-5-16-6-4-12;1-10(2)11(3,4)15-12(14-10)9-5-7-13-8-6-9;1-9-12-11(14-5-7-16-8-6-14)10-3-2-4-15(10)13-9;;/h1-7H,8-11H2;5-8H,1-4H3;2-4H,5-8H2,1H3;2*1H4. The third kappa shape index (κ3) is 8.87. The van der Waals surface area contributed by atoms with Crippen LogP contribution in [0.25, 0.3) is 22.4 Å². The summed E-state index contributed by atoms with van der Waals surface area (Å²) in [6, 6.07) is 15.8. The Morgan fingerprint density at radius 1 is 0.611 bits per heavy atom. The number of pyridine rings is 2. The molecule has 0 atom stereocenters. The predicted octanol–water partition coefficient (Wildman–Crippen LogP) is 5.16. The molecule has 0 amide bonds. The largest absolute Gasteiger partial charge is 0.494 e. The summed E-state index contributed by atoms with van der Waals surface area (Å²) in [5.74, 6) is 3.48. The first-order valence-electron chi connectivity index (χ1n) is 17.7. The van der Waals surface area contributed by atoms with Crippen LogP contribution in [-0.4, -0.2) is 110 Å². The number of anilines is 2. The van der Waals surface area contributed by atoms with Gasteiger partial charge in [0, 0.05) is 68.9 Å². The Morgan fingerprint density at radius 3 is 1.59 bits per heavy atom. The van der Waals surface area contributed by atoms with Crippen molar-refractivity contribution in [3.8, 4) is 11.4 Å². The van der Waals surface area contributed by atoms with Crippen molar-refractivity contribution in [3.05, 3.63) is 91.5 Å². The van der Waals surface area contributed by atoms with Gasteiger partial charge >= 0.3 is 7.12 Å². The third-order valence-corrected chi connectivity index (χ3v) is 9.64. The van der Waals surface area contributed by atoms with E-state index in [-0.39, 0.29) is 33.2 Å². The van der Waals surface area contributed by atoms with E-state index in [2.05, 4.69) is 34.9 Å². The first kappa shape index (κ1) is 40.2. The Labute approximate surface area is 318 Å². The van der Waals surface area contributed by atoms with E-state index >= 15 is 0 Å². The van der Waals surface area contributed by atoms with E-state index < -0.39 is 0 Å². The number of rotatable bonds is 4. The number of fused-ring (bicyclic) bond motifs is 2. The van der Waals surface area contributed by atoms with Crippen LogP contribution in [0.3, 0.4) is 0 Å². The lowest BCUT2D eigenvalue weighted by Gasteiger charge is -2.32. The number of nitrogens with zero attached hydrogens (tertiary/aromatic N) is 10. The number of aryl methyl sites for hydroxylation is 1. The van der Waals surface area contributed by atoms with Gasteiger partial charge in [0.1, 0.15) is 16.9 Å². The fourth-order valence-electron chi connectivity index (χ4n) is 6.08. The Bertz CT molecular complexity index is 2050. The van der Waals surface area contributed by atoms with Gasteiger partial charge in [0.15, 0.2) is 17.5 Å². The number of aromatic nitrogens is 8. The molecule has 9 heterocycles. The monoisotopic (exact) mass is 736 g/mol. The molecule has 3 fully saturated rings. The summed E-state index contributed by atoms with van der Waals surface area (Å²) in [7, 11) is -0.280. The molecular formula is C39H53BN10O4. The van der Waals surface area contributed by atoms with E-state index in [1.807, 2.05) is 105 Å². The van der Waals surface area contributed by atoms with E-state index in [0.29, 0.717) is 5.82 Å². The van der Waals surface area contributed by atoms with Crippen LogP contribution in [0.4, 0.5) is 11.6 Å². The summed E-state index contributed by atoms with van der Waals surface area (Å²) in [4.78, 5) is 21.9. The van der Waals surface area contributed by atoms with Crippen LogP contribution in [0.2, 0.25) is 0 Å². The van der Waals surface area contributed by atoms with Gasteiger partial charge in [-0.3, -0.25) is 9.97 Å². The van der Waals surface area contributed by atoms with E-state index in [0.717, 1.165) is 92.1 Å². The second-order valence-electron chi connectivity index (χ2n) is 13.7. The van der Waals surface area contributed by atoms with Crippen LogP contribution in [0.1, 0.15) is 48.4 Å². The fourth-order valence-corrected chi connectivity index (χ4v) is 6.08. The topological polar surface area (TPSA) is 130 Å². The van der Waals surface area contributed by atoms with Gasteiger partial charge in [-0.05, 0) is 88.6 Å². The van der Waals surface area contributed by atoms with Crippen LogP contribution in [-0.2, 0) is 18.8 Å². The quantitative estimate of drug-likeness (QED) is 0.222. The Morgan fingerprint density at radius 2 is 1.07 bits per heavy atom. The zero-order valence-corrected chi connectivity index (χ0v) is 30.4. The average molecular weight is 737 g/mol. The minimum Gasteiger partial charge on any atom is -0.399 e. The fraction of sp³-hybridized carbons (Fsp3) is 0.436. The summed E-state index contributed by atoms with van der Waals surface area (Å²) < 4.78 is 26.3. The molecule has 0 bridgehead atoms. The molecule has 0 spiro atoms. The maximum atomic E-state index is 5.90. The molecular weight excluding hydrogens is 683 g/mol. The SMILES string of the molecule is C.C.CC1(C)OB(c2ccncc2)OC1(C)C.Cc1nc(N2CCOCC2)c2cccn2n1.c1cc2c(N3CCOCC3)nc(-c3ccncc3)nn2c1. The maximum Gasteiger partial charge on any atom is 0.494 e. The van der Waals surface area contributed by atoms with Crippen LogP contribution in [0, 0.1) is 6.92 Å². The summed E-state index contributed by atoms with van der Waals surface area (Å²) in [6.07, 6.45) is 10.9. The van der Waals surface area contributed by atoms with E-state index in [9.17, 15) is 0 Å². The molecule has 0 unspecified atom stereocenters. The van der Waals surface area contributed by atoms with Gasteiger partial charge in [-0.1, -0.05) is 14.9 Å². The lowest BCUT2D eigenvalue weighted by molar-refractivity contribution is 0.00578. The zero-order valence-electron chi connectivity index (χ0n) is 30.4. The molecule has 54 heavy (non-hydrogen) atoms. The molecule has 286 valence electrons. The van der Waals surface area contributed by atoms with Gasteiger partial charge in [-0.15, -0.1) is 5.10 Å². The average Bonchev–Trinajstić information content (AvgIpc) is 3.90. The molecule has 3 aliphatic rings. The number of hydrogen-bond acceptors (Lipinski definition) is 12. The molecule has 3 aliphatic heterocycles. The van der Waals surface area contributed by atoms with Crippen molar-refractivity contribution >= 4 is 35.3 Å². The Balaban J connectivity index is 0.000000156. The highest BCUT2D eigenvalue weighted by Gasteiger charge is 2.51. The second kappa shape index (κ2) is 17.5. The zero-order chi connectivity index (χ0) is 36.1. The van der Waals surface area contributed by atoms with Gasteiger partial charge in [-0.2, -0.15) is 5.10 Å². The molecule has 0 saturated carbocycles. The van der Waals surface area contributed by atoms with Crippen molar-refractivity contribution in [2.45, 2.75) is 60.7 Å². The molecule has 6 aromatic rings. The smallest absolute Gasteiger partial charge is 0.399 e. The van der Waals surface area contributed by atoms with Gasteiger partial charge in [0.25, 0.3) is 0 Å². The Kier molecular flexibility index (Phi) is 13.0. The molecule has 0 aromatic carbocycles. The highest BCUT2D eigenvalue weighted by molar-refractivity contribution is 6.62. The van der Waals surface area contributed by atoms with Gasteiger partial charge in [-0.25, -0.2) is 19.0 Å².